The summed E-state index contributed by atoms with van der Waals surface area (Å²) in [5, 5.41) is 0. The Morgan fingerprint density at radius 2 is 2.31 bits per heavy atom. The van der Waals surface area contributed by atoms with Gasteiger partial charge in [-0.05, 0) is 31.4 Å². The van der Waals surface area contributed by atoms with Gasteiger partial charge in [-0.2, -0.15) is 0 Å². The fourth-order valence-corrected chi connectivity index (χ4v) is 1.67. The molecule has 0 aliphatic carbocycles. The molecule has 13 heavy (non-hydrogen) atoms. The highest BCUT2D eigenvalue weighted by Crippen LogP contribution is 2.36. The largest absolute Gasteiger partial charge is 0.493 e. The van der Waals surface area contributed by atoms with E-state index in [0.29, 0.717) is 6.10 Å². The van der Waals surface area contributed by atoms with Gasteiger partial charge in [0.2, 0.25) is 0 Å². The Hall–Kier alpha value is -1.18. The molecule has 2 nitrogen and oxygen atoms in total. The molecule has 1 aromatic rings. The van der Waals surface area contributed by atoms with Crippen molar-refractivity contribution in [3.05, 3.63) is 23.8 Å². The number of ether oxygens (including phenoxy) is 2. The Morgan fingerprint density at radius 3 is 3.08 bits per heavy atom. The summed E-state index contributed by atoms with van der Waals surface area (Å²) in [6.45, 7) is 2.09. The van der Waals surface area contributed by atoms with Crippen LogP contribution >= 0.6 is 0 Å². The first-order valence-corrected chi connectivity index (χ1v) is 4.64. The van der Waals surface area contributed by atoms with Crippen LogP contribution in [-0.4, -0.2) is 13.2 Å². The van der Waals surface area contributed by atoms with E-state index in [2.05, 4.69) is 13.0 Å². The second kappa shape index (κ2) is 3.29. The van der Waals surface area contributed by atoms with Crippen LogP contribution in [0.5, 0.6) is 11.5 Å². The Kier molecular flexibility index (Phi) is 2.13. The lowest BCUT2D eigenvalue weighted by atomic mass is 10.0. The van der Waals surface area contributed by atoms with Crippen molar-refractivity contribution < 1.29 is 9.47 Å². The maximum Gasteiger partial charge on any atom is 0.164 e. The second-order valence-electron chi connectivity index (χ2n) is 3.42. The van der Waals surface area contributed by atoms with Crippen LogP contribution in [0.25, 0.3) is 0 Å². The minimum absolute atomic E-state index is 0.309. The molecule has 0 fully saturated rings. The Labute approximate surface area is 78.5 Å². The molecule has 70 valence electrons. The number of hydrogen-bond donors (Lipinski definition) is 0. The van der Waals surface area contributed by atoms with Crippen LogP contribution in [0.15, 0.2) is 18.2 Å². The summed E-state index contributed by atoms with van der Waals surface area (Å²) < 4.78 is 11.0. The molecule has 2 heteroatoms. The molecule has 0 unspecified atom stereocenters. The van der Waals surface area contributed by atoms with Crippen LogP contribution in [0.3, 0.4) is 0 Å². The molecule has 0 bridgehead atoms. The predicted molar refractivity (Wildman–Crippen MR) is 51.4 cm³/mol. The van der Waals surface area contributed by atoms with Gasteiger partial charge >= 0.3 is 0 Å². The van der Waals surface area contributed by atoms with Crippen LogP contribution in [0.4, 0.5) is 0 Å². The summed E-state index contributed by atoms with van der Waals surface area (Å²) in [5.41, 5.74) is 1.26. The summed E-state index contributed by atoms with van der Waals surface area (Å²) in [6.07, 6.45) is 2.50. The molecule has 0 amide bonds. The molecule has 2 rings (SSSR count). The van der Waals surface area contributed by atoms with Gasteiger partial charge in [0.25, 0.3) is 0 Å². The van der Waals surface area contributed by atoms with E-state index in [9.17, 15) is 0 Å². The third kappa shape index (κ3) is 1.48. The third-order valence-corrected chi connectivity index (χ3v) is 2.42. The predicted octanol–water partition coefficient (Wildman–Crippen LogP) is 2.41. The number of methoxy groups -OCH3 is 1. The SMILES string of the molecule is COc1cccc2c1O[C@H](C)CC2. The molecule has 1 atom stereocenters. The molecular formula is C11H14O2. The number of aryl methyl sites for hydroxylation is 1. The molecule has 1 heterocycles. The minimum atomic E-state index is 0.309. The van der Waals surface area contributed by atoms with Gasteiger partial charge in [0.15, 0.2) is 11.5 Å². The fraction of sp³-hybridized carbons (Fsp3) is 0.455. The summed E-state index contributed by atoms with van der Waals surface area (Å²) in [5.74, 6) is 1.78. The van der Waals surface area contributed by atoms with E-state index in [-0.39, 0.29) is 0 Å². The third-order valence-electron chi connectivity index (χ3n) is 2.42. The maximum absolute atomic E-state index is 5.73. The van der Waals surface area contributed by atoms with Gasteiger partial charge in [-0.3, -0.25) is 0 Å². The highest BCUT2D eigenvalue weighted by atomic mass is 16.5. The van der Waals surface area contributed by atoms with E-state index in [4.69, 9.17) is 9.47 Å². The van der Waals surface area contributed by atoms with Crippen LogP contribution in [-0.2, 0) is 6.42 Å². The number of benzene rings is 1. The summed E-state index contributed by atoms with van der Waals surface area (Å²) in [4.78, 5) is 0. The van der Waals surface area contributed by atoms with Gasteiger partial charge in [-0.15, -0.1) is 0 Å². The van der Waals surface area contributed by atoms with Crippen LogP contribution in [0.1, 0.15) is 18.9 Å². The lowest BCUT2D eigenvalue weighted by Gasteiger charge is -2.24. The zero-order valence-corrected chi connectivity index (χ0v) is 8.04. The molecular weight excluding hydrogens is 164 g/mol. The van der Waals surface area contributed by atoms with E-state index < -0.39 is 0 Å². The molecule has 1 aliphatic rings. The van der Waals surface area contributed by atoms with E-state index in [1.54, 1.807) is 7.11 Å². The zero-order chi connectivity index (χ0) is 9.26. The average Bonchev–Trinajstić information content (AvgIpc) is 2.17. The molecule has 0 saturated carbocycles. The van der Waals surface area contributed by atoms with Crippen molar-refractivity contribution in [2.45, 2.75) is 25.9 Å². The highest BCUT2D eigenvalue weighted by molar-refractivity contribution is 5.47. The maximum atomic E-state index is 5.73. The molecule has 0 N–H and O–H groups in total. The molecule has 0 radical (unpaired) electrons. The van der Waals surface area contributed by atoms with Crippen molar-refractivity contribution in [1.82, 2.24) is 0 Å². The van der Waals surface area contributed by atoms with Crippen LogP contribution in [0, 0.1) is 0 Å². The Bertz CT molecular complexity index is 293. The summed E-state index contributed by atoms with van der Waals surface area (Å²) >= 11 is 0. The lowest BCUT2D eigenvalue weighted by molar-refractivity contribution is 0.183. The van der Waals surface area contributed by atoms with Gasteiger partial charge in [-0.25, -0.2) is 0 Å². The smallest absolute Gasteiger partial charge is 0.164 e. The summed E-state index contributed by atoms with van der Waals surface area (Å²) in [6, 6.07) is 6.05. The van der Waals surface area contributed by atoms with Crippen molar-refractivity contribution in [2.75, 3.05) is 7.11 Å². The average molecular weight is 178 g/mol. The van der Waals surface area contributed by atoms with Gasteiger partial charge < -0.3 is 9.47 Å². The molecule has 0 saturated heterocycles. The monoisotopic (exact) mass is 178 g/mol. The van der Waals surface area contributed by atoms with Gasteiger partial charge in [0, 0.05) is 0 Å². The zero-order valence-electron chi connectivity index (χ0n) is 8.04. The number of rotatable bonds is 1. The van der Waals surface area contributed by atoms with Gasteiger partial charge in [0.1, 0.15) is 0 Å². The quantitative estimate of drug-likeness (QED) is 0.657. The molecule has 1 aliphatic heterocycles. The van der Waals surface area contributed by atoms with Crippen molar-refractivity contribution in [3.63, 3.8) is 0 Å². The lowest BCUT2D eigenvalue weighted by Crippen LogP contribution is -2.19. The fourth-order valence-electron chi connectivity index (χ4n) is 1.67. The second-order valence-corrected chi connectivity index (χ2v) is 3.42. The van der Waals surface area contributed by atoms with Gasteiger partial charge in [0.05, 0.1) is 13.2 Å². The first kappa shape index (κ1) is 8.42. The highest BCUT2D eigenvalue weighted by Gasteiger charge is 2.18. The number of fused-ring (bicyclic) bond motifs is 1. The van der Waals surface area contributed by atoms with E-state index in [1.807, 2.05) is 12.1 Å². The van der Waals surface area contributed by atoms with Crippen LogP contribution in [0.2, 0.25) is 0 Å². The number of para-hydroxylation sites is 1. The number of hydrogen-bond acceptors (Lipinski definition) is 2. The van der Waals surface area contributed by atoms with E-state index in [1.165, 1.54) is 5.56 Å². The topological polar surface area (TPSA) is 18.5 Å². The first-order valence-electron chi connectivity index (χ1n) is 4.64. The van der Waals surface area contributed by atoms with Crippen molar-refractivity contribution in [3.8, 4) is 11.5 Å². The standard InChI is InChI=1S/C11H14O2/c1-8-6-7-9-4-3-5-10(12-2)11(9)13-8/h3-5,8H,6-7H2,1-2H3/t8-/m1/s1. The molecule has 0 aromatic heterocycles. The van der Waals surface area contributed by atoms with E-state index in [0.717, 1.165) is 24.3 Å². The Morgan fingerprint density at radius 1 is 1.46 bits per heavy atom. The van der Waals surface area contributed by atoms with E-state index >= 15 is 0 Å². The van der Waals surface area contributed by atoms with Crippen molar-refractivity contribution in [1.29, 1.82) is 0 Å². The minimum Gasteiger partial charge on any atom is -0.493 e. The summed E-state index contributed by atoms with van der Waals surface area (Å²) in [7, 11) is 1.68. The first-order chi connectivity index (χ1) is 6.31. The molecule has 0 spiro atoms. The van der Waals surface area contributed by atoms with Gasteiger partial charge in [-0.1, -0.05) is 12.1 Å². The van der Waals surface area contributed by atoms with Crippen molar-refractivity contribution >= 4 is 0 Å². The van der Waals surface area contributed by atoms with Crippen molar-refractivity contribution in [2.24, 2.45) is 0 Å². The molecule has 1 aromatic carbocycles. The Balaban J connectivity index is 2.41. The normalized spacial score (nSPS) is 20.3. The van der Waals surface area contributed by atoms with Crippen LogP contribution < -0.4 is 9.47 Å².